The highest BCUT2D eigenvalue weighted by Crippen LogP contribution is 2.24. The van der Waals surface area contributed by atoms with Crippen LogP contribution in [-0.4, -0.2) is 0 Å². The van der Waals surface area contributed by atoms with Crippen molar-refractivity contribution in [2.24, 2.45) is 0 Å². The van der Waals surface area contributed by atoms with Crippen LogP contribution < -0.4 is 4.74 Å². The van der Waals surface area contributed by atoms with Crippen LogP contribution in [0.5, 0.6) is 5.75 Å². The normalized spacial score (nSPS) is 11.2. The third kappa shape index (κ3) is 4.40. The molecule has 0 saturated heterocycles. The average molecular weight is 334 g/mol. The number of halogens is 3. The smallest absolute Gasteiger partial charge is 0.201 e. The van der Waals surface area contributed by atoms with E-state index in [1.54, 1.807) is 19.1 Å². The summed E-state index contributed by atoms with van der Waals surface area (Å²) in [6.07, 6.45) is 5.16. The lowest BCUT2D eigenvalue weighted by Crippen LogP contribution is -2.01. The standard InChI is InChI=1S/C20H21F3O/c1-3-5-14-6-7-15(17(21)13-14)8-9-16-10-11-18(24-12-4-2)20(23)19(16)22/h4,6-7,10-13H,3,5,8-9H2,1-2H3/b12-4+. The van der Waals surface area contributed by atoms with Gasteiger partial charge < -0.3 is 4.74 Å². The maximum Gasteiger partial charge on any atom is 0.201 e. The van der Waals surface area contributed by atoms with Crippen LogP contribution in [0, 0.1) is 17.5 Å². The lowest BCUT2D eigenvalue weighted by Gasteiger charge is -2.09. The van der Waals surface area contributed by atoms with Crippen molar-refractivity contribution in [1.82, 2.24) is 0 Å². The number of allylic oxidation sites excluding steroid dienone is 1. The molecule has 0 spiro atoms. The second-order valence-electron chi connectivity index (χ2n) is 5.61. The monoisotopic (exact) mass is 334 g/mol. The van der Waals surface area contributed by atoms with Crippen LogP contribution in [0.25, 0.3) is 0 Å². The van der Waals surface area contributed by atoms with Gasteiger partial charge in [-0.05, 0) is 55.0 Å². The van der Waals surface area contributed by atoms with E-state index in [2.05, 4.69) is 0 Å². The van der Waals surface area contributed by atoms with E-state index in [-0.39, 0.29) is 23.6 Å². The van der Waals surface area contributed by atoms with Crippen molar-refractivity contribution in [3.8, 4) is 5.75 Å². The van der Waals surface area contributed by atoms with Crippen molar-refractivity contribution in [2.75, 3.05) is 0 Å². The van der Waals surface area contributed by atoms with Gasteiger partial charge in [0, 0.05) is 0 Å². The van der Waals surface area contributed by atoms with Gasteiger partial charge in [0.15, 0.2) is 11.6 Å². The molecule has 0 aliphatic heterocycles. The third-order valence-corrected chi connectivity index (χ3v) is 3.78. The minimum Gasteiger partial charge on any atom is -0.462 e. The molecule has 0 atom stereocenters. The van der Waals surface area contributed by atoms with Crippen LogP contribution in [0.15, 0.2) is 42.7 Å². The number of hydrogen-bond donors (Lipinski definition) is 0. The number of rotatable bonds is 7. The van der Waals surface area contributed by atoms with Gasteiger partial charge in [0.25, 0.3) is 0 Å². The van der Waals surface area contributed by atoms with Gasteiger partial charge >= 0.3 is 0 Å². The summed E-state index contributed by atoms with van der Waals surface area (Å²) >= 11 is 0. The Hall–Kier alpha value is -2.23. The molecule has 1 nitrogen and oxygen atoms in total. The zero-order chi connectivity index (χ0) is 17.5. The first-order chi connectivity index (χ1) is 11.6. The quantitative estimate of drug-likeness (QED) is 0.585. The Kier molecular flexibility index (Phi) is 6.47. The summed E-state index contributed by atoms with van der Waals surface area (Å²) in [6, 6.07) is 7.98. The summed E-state index contributed by atoms with van der Waals surface area (Å²) in [6.45, 7) is 3.75. The first-order valence-electron chi connectivity index (χ1n) is 8.08. The highest BCUT2D eigenvalue weighted by atomic mass is 19.2. The van der Waals surface area contributed by atoms with E-state index in [0.717, 1.165) is 18.4 Å². The van der Waals surface area contributed by atoms with Gasteiger partial charge in [-0.15, -0.1) is 0 Å². The average Bonchev–Trinajstić information content (AvgIpc) is 2.57. The fraction of sp³-hybridized carbons (Fsp3) is 0.300. The van der Waals surface area contributed by atoms with Crippen LogP contribution in [0.2, 0.25) is 0 Å². The molecule has 0 aromatic heterocycles. The first kappa shape index (κ1) is 18.1. The zero-order valence-electron chi connectivity index (χ0n) is 13.9. The van der Waals surface area contributed by atoms with E-state index in [9.17, 15) is 13.2 Å². The minimum atomic E-state index is -1.02. The maximum atomic E-state index is 14.1. The summed E-state index contributed by atoms with van der Waals surface area (Å²) in [7, 11) is 0. The Labute approximate surface area is 140 Å². The Balaban J connectivity index is 2.10. The van der Waals surface area contributed by atoms with Gasteiger partial charge in [0.2, 0.25) is 5.82 Å². The number of benzene rings is 2. The van der Waals surface area contributed by atoms with Gasteiger partial charge in [-0.3, -0.25) is 0 Å². The van der Waals surface area contributed by atoms with Crippen molar-refractivity contribution in [3.63, 3.8) is 0 Å². The lowest BCUT2D eigenvalue weighted by molar-refractivity contribution is 0.411. The number of ether oxygens (including phenoxy) is 1. The predicted octanol–water partition coefficient (Wildman–Crippen LogP) is 5.75. The molecule has 0 N–H and O–H groups in total. The van der Waals surface area contributed by atoms with E-state index in [1.165, 1.54) is 24.5 Å². The zero-order valence-corrected chi connectivity index (χ0v) is 13.9. The van der Waals surface area contributed by atoms with Crippen LogP contribution in [0.1, 0.15) is 37.0 Å². The topological polar surface area (TPSA) is 9.23 Å². The predicted molar refractivity (Wildman–Crippen MR) is 89.6 cm³/mol. The van der Waals surface area contributed by atoms with E-state index >= 15 is 0 Å². The molecule has 2 aromatic rings. The largest absolute Gasteiger partial charge is 0.462 e. The molecule has 0 aliphatic rings. The maximum absolute atomic E-state index is 14.1. The fourth-order valence-electron chi connectivity index (χ4n) is 2.50. The van der Waals surface area contributed by atoms with E-state index in [0.29, 0.717) is 12.0 Å². The van der Waals surface area contributed by atoms with Crippen molar-refractivity contribution in [2.45, 2.75) is 39.5 Å². The molecule has 128 valence electrons. The summed E-state index contributed by atoms with van der Waals surface area (Å²) < 4.78 is 47.1. The van der Waals surface area contributed by atoms with Crippen LogP contribution in [-0.2, 0) is 19.3 Å². The molecule has 24 heavy (non-hydrogen) atoms. The van der Waals surface area contributed by atoms with Gasteiger partial charge in [-0.2, -0.15) is 4.39 Å². The van der Waals surface area contributed by atoms with Gasteiger partial charge in [-0.25, -0.2) is 8.78 Å². The van der Waals surface area contributed by atoms with Crippen molar-refractivity contribution >= 4 is 0 Å². The summed E-state index contributed by atoms with van der Waals surface area (Å²) in [5.41, 5.74) is 1.66. The van der Waals surface area contributed by atoms with Crippen LogP contribution in [0.4, 0.5) is 13.2 Å². The number of aryl methyl sites for hydroxylation is 3. The third-order valence-electron chi connectivity index (χ3n) is 3.78. The molecule has 0 bridgehead atoms. The van der Waals surface area contributed by atoms with Gasteiger partial charge in [0.05, 0.1) is 6.26 Å². The molecule has 0 saturated carbocycles. The Morgan fingerprint density at radius 2 is 1.62 bits per heavy atom. The number of hydrogen-bond acceptors (Lipinski definition) is 1. The van der Waals surface area contributed by atoms with Gasteiger partial charge in [0.1, 0.15) is 5.82 Å². The summed E-state index contributed by atoms with van der Waals surface area (Å²) in [5.74, 6) is -2.43. The molecule has 0 heterocycles. The van der Waals surface area contributed by atoms with Crippen molar-refractivity contribution in [1.29, 1.82) is 0 Å². The van der Waals surface area contributed by atoms with E-state index in [1.807, 2.05) is 13.0 Å². The molecule has 4 heteroatoms. The van der Waals surface area contributed by atoms with Crippen molar-refractivity contribution in [3.05, 3.63) is 76.8 Å². The second-order valence-corrected chi connectivity index (χ2v) is 5.61. The van der Waals surface area contributed by atoms with E-state index < -0.39 is 11.6 Å². The summed E-state index contributed by atoms with van der Waals surface area (Å²) in [4.78, 5) is 0. The fourth-order valence-corrected chi connectivity index (χ4v) is 2.50. The Morgan fingerprint density at radius 3 is 2.29 bits per heavy atom. The SMILES string of the molecule is C/C=C/Oc1ccc(CCc2ccc(CCC)cc2F)c(F)c1F. The lowest BCUT2D eigenvalue weighted by atomic mass is 10.0. The molecule has 0 amide bonds. The molecule has 0 fully saturated rings. The first-order valence-corrected chi connectivity index (χ1v) is 8.08. The molecule has 0 unspecified atom stereocenters. The summed E-state index contributed by atoms with van der Waals surface area (Å²) in [5, 5.41) is 0. The molecule has 2 rings (SSSR count). The van der Waals surface area contributed by atoms with Crippen LogP contribution >= 0.6 is 0 Å². The Morgan fingerprint density at radius 1 is 0.917 bits per heavy atom. The molecule has 2 aromatic carbocycles. The highest BCUT2D eigenvalue weighted by Gasteiger charge is 2.15. The minimum absolute atomic E-state index is 0.163. The Bertz CT molecular complexity index is 723. The van der Waals surface area contributed by atoms with Crippen LogP contribution in [0.3, 0.4) is 0 Å². The molecule has 0 radical (unpaired) electrons. The molecular formula is C20H21F3O. The second kappa shape index (κ2) is 8.57. The highest BCUT2D eigenvalue weighted by molar-refractivity contribution is 5.33. The van der Waals surface area contributed by atoms with E-state index in [4.69, 9.17) is 4.74 Å². The van der Waals surface area contributed by atoms with Gasteiger partial charge in [-0.1, -0.05) is 37.6 Å². The molecular weight excluding hydrogens is 313 g/mol. The van der Waals surface area contributed by atoms with Crippen molar-refractivity contribution < 1.29 is 17.9 Å². The molecule has 0 aliphatic carbocycles.